The van der Waals surface area contributed by atoms with E-state index in [2.05, 4.69) is 22.5 Å². The third-order valence-electron chi connectivity index (χ3n) is 4.61. The van der Waals surface area contributed by atoms with Crippen LogP contribution in [-0.2, 0) is 9.53 Å². The number of rotatable bonds is 9. The van der Waals surface area contributed by atoms with E-state index in [1.807, 2.05) is 0 Å². The molecule has 1 aliphatic heterocycles. The van der Waals surface area contributed by atoms with E-state index in [-0.39, 0.29) is 12.6 Å². The number of carbonyl (C=O) groups is 2. The molecule has 2 aliphatic rings. The van der Waals surface area contributed by atoms with Gasteiger partial charge in [-0.25, -0.2) is 9.59 Å². The molecule has 1 aromatic rings. The Morgan fingerprint density at radius 1 is 1.38 bits per heavy atom. The fourth-order valence-electron chi connectivity index (χ4n) is 3.30. The average molecular weight is 361 g/mol. The number of esters is 1. The van der Waals surface area contributed by atoms with Crippen molar-refractivity contribution in [2.45, 2.75) is 39.2 Å². The summed E-state index contributed by atoms with van der Waals surface area (Å²) in [5, 5.41) is 5.60. The standard InChI is InChI=1S/C19H27N3O4/c1-3-9-22(11-13-7-8-13)12-14-16(18(23)25-4-2)17(21-19(24)20-14)15-6-5-10-26-15/h5-6,10,13,17H,3-4,7-9,11-12H2,1-2H3,(H2,20,21,24). The third-order valence-corrected chi connectivity index (χ3v) is 4.61. The summed E-state index contributed by atoms with van der Waals surface area (Å²) in [6, 6.07) is 2.51. The van der Waals surface area contributed by atoms with Crippen LogP contribution in [-0.4, -0.2) is 43.1 Å². The van der Waals surface area contributed by atoms with Gasteiger partial charge in [0.05, 0.1) is 18.4 Å². The highest BCUT2D eigenvalue weighted by molar-refractivity contribution is 5.95. The van der Waals surface area contributed by atoms with Crippen LogP contribution in [0.25, 0.3) is 0 Å². The van der Waals surface area contributed by atoms with Gasteiger partial charge < -0.3 is 19.8 Å². The summed E-state index contributed by atoms with van der Waals surface area (Å²) in [5.41, 5.74) is 1.01. The molecule has 1 saturated carbocycles. The smallest absolute Gasteiger partial charge is 0.338 e. The van der Waals surface area contributed by atoms with Gasteiger partial charge in [0, 0.05) is 18.8 Å². The molecule has 1 aliphatic carbocycles. The van der Waals surface area contributed by atoms with Crippen molar-refractivity contribution < 1.29 is 18.7 Å². The predicted molar refractivity (Wildman–Crippen MR) is 96.2 cm³/mol. The van der Waals surface area contributed by atoms with E-state index in [0.717, 1.165) is 25.4 Å². The summed E-state index contributed by atoms with van der Waals surface area (Å²) in [6.07, 6.45) is 5.06. The number of carbonyl (C=O) groups excluding carboxylic acids is 2. The maximum Gasteiger partial charge on any atom is 0.338 e. The van der Waals surface area contributed by atoms with Gasteiger partial charge in [-0.1, -0.05) is 6.92 Å². The highest BCUT2D eigenvalue weighted by Crippen LogP contribution is 2.31. The van der Waals surface area contributed by atoms with E-state index in [0.29, 0.717) is 23.6 Å². The van der Waals surface area contributed by atoms with Crippen LogP contribution in [0.15, 0.2) is 34.1 Å². The third kappa shape index (κ3) is 4.46. The van der Waals surface area contributed by atoms with Gasteiger partial charge >= 0.3 is 12.0 Å². The number of hydrogen-bond acceptors (Lipinski definition) is 5. The zero-order chi connectivity index (χ0) is 18.5. The van der Waals surface area contributed by atoms with Crippen LogP contribution in [0.2, 0.25) is 0 Å². The van der Waals surface area contributed by atoms with Crippen LogP contribution in [0, 0.1) is 5.92 Å². The number of furan rings is 1. The first-order chi connectivity index (χ1) is 12.6. The molecule has 7 heteroatoms. The first-order valence-corrected chi connectivity index (χ1v) is 9.35. The van der Waals surface area contributed by atoms with Gasteiger partial charge in [0.15, 0.2) is 0 Å². The molecule has 26 heavy (non-hydrogen) atoms. The Hall–Kier alpha value is -2.28. The maximum absolute atomic E-state index is 12.7. The number of nitrogens with zero attached hydrogens (tertiary/aromatic N) is 1. The fraction of sp³-hybridized carbons (Fsp3) is 0.579. The Balaban J connectivity index is 1.91. The normalized spacial score (nSPS) is 20.1. The number of urea groups is 1. The molecule has 142 valence electrons. The summed E-state index contributed by atoms with van der Waals surface area (Å²) in [4.78, 5) is 27.2. The molecule has 3 rings (SSSR count). The molecule has 0 aromatic carbocycles. The average Bonchev–Trinajstić information content (AvgIpc) is 3.24. The van der Waals surface area contributed by atoms with Crippen molar-refractivity contribution in [1.82, 2.24) is 15.5 Å². The fourth-order valence-corrected chi connectivity index (χ4v) is 3.30. The number of amides is 2. The van der Waals surface area contributed by atoms with Crippen molar-refractivity contribution >= 4 is 12.0 Å². The highest BCUT2D eigenvalue weighted by Gasteiger charge is 2.36. The molecule has 0 bridgehead atoms. The van der Waals surface area contributed by atoms with E-state index >= 15 is 0 Å². The second-order valence-corrected chi connectivity index (χ2v) is 6.84. The van der Waals surface area contributed by atoms with Crippen LogP contribution in [0.1, 0.15) is 44.9 Å². The second kappa shape index (κ2) is 8.40. The Kier molecular flexibility index (Phi) is 5.98. The summed E-state index contributed by atoms with van der Waals surface area (Å²) >= 11 is 0. The number of hydrogen-bond donors (Lipinski definition) is 2. The largest absolute Gasteiger partial charge is 0.467 e. The zero-order valence-corrected chi connectivity index (χ0v) is 15.4. The highest BCUT2D eigenvalue weighted by atomic mass is 16.5. The maximum atomic E-state index is 12.7. The lowest BCUT2D eigenvalue weighted by molar-refractivity contribution is -0.139. The summed E-state index contributed by atoms with van der Waals surface area (Å²) in [7, 11) is 0. The lowest BCUT2D eigenvalue weighted by Crippen LogP contribution is -2.48. The van der Waals surface area contributed by atoms with Gasteiger partial charge in [0.1, 0.15) is 11.8 Å². The van der Waals surface area contributed by atoms with Crippen molar-refractivity contribution in [2.75, 3.05) is 26.2 Å². The molecular weight excluding hydrogens is 334 g/mol. The SMILES string of the molecule is CCCN(CC1=C(C(=O)OCC)C(c2ccco2)NC(=O)N1)CC1CC1. The minimum Gasteiger partial charge on any atom is -0.467 e. The molecule has 0 spiro atoms. The molecule has 2 N–H and O–H groups in total. The molecular formula is C19H27N3O4. The predicted octanol–water partition coefficient (Wildman–Crippen LogP) is 2.57. The molecule has 1 unspecified atom stereocenters. The van der Waals surface area contributed by atoms with Gasteiger partial charge in [0.25, 0.3) is 0 Å². The second-order valence-electron chi connectivity index (χ2n) is 6.84. The molecule has 1 atom stereocenters. The topological polar surface area (TPSA) is 83.8 Å². The van der Waals surface area contributed by atoms with Gasteiger partial charge in [-0.2, -0.15) is 0 Å². The van der Waals surface area contributed by atoms with Crippen molar-refractivity contribution in [2.24, 2.45) is 5.92 Å². The minimum atomic E-state index is -0.641. The minimum absolute atomic E-state index is 0.273. The zero-order valence-electron chi connectivity index (χ0n) is 15.4. The van der Waals surface area contributed by atoms with Crippen molar-refractivity contribution in [3.63, 3.8) is 0 Å². The Morgan fingerprint density at radius 2 is 2.19 bits per heavy atom. The molecule has 7 nitrogen and oxygen atoms in total. The van der Waals surface area contributed by atoms with Gasteiger partial charge in [-0.15, -0.1) is 0 Å². The van der Waals surface area contributed by atoms with Crippen LogP contribution in [0.3, 0.4) is 0 Å². The Labute approximate surface area is 153 Å². The van der Waals surface area contributed by atoms with Gasteiger partial charge in [-0.3, -0.25) is 4.90 Å². The summed E-state index contributed by atoms with van der Waals surface area (Å²) in [6.45, 7) is 6.60. The molecule has 0 radical (unpaired) electrons. The monoisotopic (exact) mass is 361 g/mol. The van der Waals surface area contributed by atoms with Crippen LogP contribution < -0.4 is 10.6 Å². The van der Waals surface area contributed by atoms with E-state index in [1.54, 1.807) is 19.1 Å². The number of nitrogens with one attached hydrogen (secondary N) is 2. The van der Waals surface area contributed by atoms with Crippen molar-refractivity contribution in [3.05, 3.63) is 35.4 Å². The quantitative estimate of drug-likeness (QED) is 0.661. The first-order valence-electron chi connectivity index (χ1n) is 9.35. The Bertz CT molecular complexity index is 664. The molecule has 0 saturated heterocycles. The molecule has 1 fully saturated rings. The molecule has 2 amide bonds. The molecule has 2 heterocycles. The first kappa shape index (κ1) is 18.5. The molecule has 1 aromatic heterocycles. The van der Waals surface area contributed by atoms with E-state index < -0.39 is 12.0 Å². The lowest BCUT2D eigenvalue weighted by Gasteiger charge is -2.31. The van der Waals surface area contributed by atoms with Gasteiger partial charge in [0.2, 0.25) is 0 Å². The van der Waals surface area contributed by atoms with Crippen LogP contribution in [0.5, 0.6) is 0 Å². The van der Waals surface area contributed by atoms with E-state index in [9.17, 15) is 9.59 Å². The van der Waals surface area contributed by atoms with Crippen molar-refractivity contribution in [1.29, 1.82) is 0 Å². The van der Waals surface area contributed by atoms with E-state index in [1.165, 1.54) is 19.1 Å². The Morgan fingerprint density at radius 3 is 2.81 bits per heavy atom. The van der Waals surface area contributed by atoms with Crippen molar-refractivity contribution in [3.8, 4) is 0 Å². The van der Waals surface area contributed by atoms with Gasteiger partial charge in [-0.05, 0) is 50.8 Å². The lowest BCUT2D eigenvalue weighted by atomic mass is 9.99. The van der Waals surface area contributed by atoms with Crippen LogP contribution >= 0.6 is 0 Å². The number of ether oxygens (including phenoxy) is 1. The van der Waals surface area contributed by atoms with E-state index in [4.69, 9.17) is 9.15 Å². The van der Waals surface area contributed by atoms with Crippen LogP contribution in [0.4, 0.5) is 4.79 Å². The summed E-state index contributed by atoms with van der Waals surface area (Å²) in [5.74, 6) is 0.815. The summed E-state index contributed by atoms with van der Waals surface area (Å²) < 4.78 is 10.7.